The molecule has 7 nitrogen and oxygen atoms in total. The zero-order chi connectivity index (χ0) is 33.0. The Morgan fingerprint density at radius 2 is 1.12 bits per heavy atom. The van der Waals surface area contributed by atoms with Crippen LogP contribution in [-0.4, -0.2) is 47.8 Å². The van der Waals surface area contributed by atoms with Crippen molar-refractivity contribution in [2.75, 3.05) is 13.1 Å². The molecule has 0 atom stereocenters. The van der Waals surface area contributed by atoms with E-state index in [-0.39, 0.29) is 0 Å². The van der Waals surface area contributed by atoms with E-state index in [1.165, 1.54) is 11.6 Å². The monoisotopic (exact) mass is 635 g/mol. The first kappa shape index (κ1) is 32.5. The van der Waals surface area contributed by atoms with Crippen molar-refractivity contribution in [3.05, 3.63) is 173 Å². The highest BCUT2D eigenvalue weighted by Gasteiger charge is 2.14. The summed E-state index contributed by atoms with van der Waals surface area (Å²) in [4.78, 5) is 27.0. The van der Waals surface area contributed by atoms with Gasteiger partial charge >= 0.3 is 0 Å². The number of pyridine rings is 5. The molecule has 0 saturated carbocycles. The number of halogens is 1. The molecule has 6 aromatic rings. The Kier molecular flexibility index (Phi) is 11.1. The predicted octanol–water partition coefficient (Wildman–Crippen LogP) is 7.65. The molecule has 0 unspecified atom stereocenters. The van der Waals surface area contributed by atoms with Crippen LogP contribution >= 0.6 is 0 Å². The fraction of sp³-hybridized carbons (Fsp3) is 0.175. The molecule has 240 valence electrons. The van der Waals surface area contributed by atoms with E-state index >= 15 is 0 Å². The molecule has 0 fully saturated rings. The zero-order valence-corrected chi connectivity index (χ0v) is 27.0. The second kappa shape index (κ2) is 16.4. The first-order chi connectivity index (χ1) is 23.6. The normalized spacial score (nSPS) is 11.5. The number of aromatic nitrogens is 5. The van der Waals surface area contributed by atoms with Crippen molar-refractivity contribution < 1.29 is 4.39 Å². The lowest BCUT2D eigenvalue weighted by Gasteiger charge is -2.27. The van der Waals surface area contributed by atoms with E-state index in [4.69, 9.17) is 0 Å². The van der Waals surface area contributed by atoms with E-state index in [9.17, 15) is 4.39 Å². The van der Waals surface area contributed by atoms with Gasteiger partial charge in [-0.1, -0.05) is 66.7 Å². The molecule has 48 heavy (non-hydrogen) atoms. The molecule has 6 rings (SSSR count). The van der Waals surface area contributed by atoms with Gasteiger partial charge in [-0.05, 0) is 77.7 Å². The predicted molar refractivity (Wildman–Crippen MR) is 188 cm³/mol. The van der Waals surface area contributed by atoms with E-state index in [0.29, 0.717) is 31.9 Å². The van der Waals surface area contributed by atoms with Crippen LogP contribution < -0.4 is 0 Å². The number of aryl methyl sites for hydroxylation is 1. The van der Waals surface area contributed by atoms with Crippen LogP contribution in [0.3, 0.4) is 0 Å². The highest BCUT2D eigenvalue weighted by atomic mass is 19.1. The molecule has 0 aliphatic heterocycles. The third kappa shape index (κ3) is 9.78. The Morgan fingerprint density at radius 3 is 1.71 bits per heavy atom. The van der Waals surface area contributed by atoms with Crippen LogP contribution in [0.1, 0.15) is 39.3 Å². The number of rotatable bonds is 14. The van der Waals surface area contributed by atoms with Gasteiger partial charge in [0.05, 0.1) is 28.5 Å². The number of nitrogens with zero attached hydrogens (tertiary/aromatic N) is 7. The lowest BCUT2D eigenvalue weighted by atomic mass is 10.1. The van der Waals surface area contributed by atoms with Crippen LogP contribution in [0.2, 0.25) is 0 Å². The van der Waals surface area contributed by atoms with Crippen LogP contribution in [0.25, 0.3) is 23.5 Å². The van der Waals surface area contributed by atoms with Crippen molar-refractivity contribution in [1.82, 2.24) is 34.7 Å². The molecule has 0 aliphatic rings. The minimum absolute atomic E-state index is 0.466. The molecule has 0 aliphatic carbocycles. The maximum atomic E-state index is 14.0. The minimum Gasteiger partial charge on any atom is -0.292 e. The lowest BCUT2D eigenvalue weighted by molar-refractivity contribution is 0.179. The molecule has 0 amide bonds. The highest BCUT2D eigenvalue weighted by molar-refractivity contribution is 5.70. The van der Waals surface area contributed by atoms with Gasteiger partial charge in [-0.25, -0.2) is 4.98 Å². The lowest BCUT2D eigenvalue weighted by Crippen LogP contribution is -2.34. The third-order valence-electron chi connectivity index (χ3n) is 7.93. The maximum Gasteiger partial charge on any atom is 0.213 e. The van der Waals surface area contributed by atoms with Crippen LogP contribution in [-0.2, 0) is 26.2 Å². The second-order valence-corrected chi connectivity index (χ2v) is 11.8. The summed E-state index contributed by atoms with van der Waals surface area (Å²) in [6, 6.07) is 33.6. The topological polar surface area (TPSA) is 70.9 Å². The van der Waals surface area contributed by atoms with Crippen molar-refractivity contribution >= 4 is 12.2 Å². The van der Waals surface area contributed by atoms with E-state index < -0.39 is 5.95 Å². The Bertz CT molecular complexity index is 1840. The molecular formula is C40H38FN7. The van der Waals surface area contributed by atoms with Crippen molar-refractivity contribution in [1.29, 1.82) is 0 Å². The third-order valence-corrected chi connectivity index (χ3v) is 7.93. The van der Waals surface area contributed by atoms with Gasteiger partial charge < -0.3 is 0 Å². The van der Waals surface area contributed by atoms with Gasteiger partial charge in [0.2, 0.25) is 5.95 Å². The maximum absolute atomic E-state index is 14.0. The largest absolute Gasteiger partial charge is 0.292 e. The minimum atomic E-state index is -0.466. The summed E-state index contributed by atoms with van der Waals surface area (Å²) in [6.07, 6.45) is 11.5. The molecule has 0 saturated heterocycles. The average molecular weight is 636 g/mol. The second-order valence-electron chi connectivity index (χ2n) is 11.8. The summed E-state index contributed by atoms with van der Waals surface area (Å²) < 4.78 is 14.0. The molecule has 5 heterocycles. The molecule has 0 bridgehead atoms. The molecule has 0 spiro atoms. The van der Waals surface area contributed by atoms with Crippen LogP contribution in [0.4, 0.5) is 4.39 Å². The number of hydrogen-bond acceptors (Lipinski definition) is 7. The average Bonchev–Trinajstić information content (AvgIpc) is 3.12. The Labute approximate surface area is 281 Å². The fourth-order valence-electron chi connectivity index (χ4n) is 5.38. The van der Waals surface area contributed by atoms with Gasteiger partial charge in [0.1, 0.15) is 0 Å². The molecule has 5 aromatic heterocycles. The number of benzene rings is 1. The molecule has 0 N–H and O–H groups in total. The summed E-state index contributed by atoms with van der Waals surface area (Å²) in [7, 11) is 0. The Morgan fingerprint density at radius 1 is 0.542 bits per heavy atom. The molecule has 8 heteroatoms. The standard InChI is InChI=1S/C40H38FN7/c1-31-11-19-38(44-25-31)39-20-18-33(26-45-39)15-12-32-13-16-34(17-14-32)27-47(30-37-9-6-10-40(41)46-37)23-24-48(28-35-7-2-4-21-42-35)29-36-8-3-5-22-43-36/h2-22,25-26H,23-24,27-30H2,1H3/b15-12+. The van der Waals surface area contributed by atoms with Crippen molar-refractivity contribution in [2.45, 2.75) is 33.1 Å². The first-order valence-corrected chi connectivity index (χ1v) is 16.1. The summed E-state index contributed by atoms with van der Waals surface area (Å²) >= 11 is 0. The fourth-order valence-corrected chi connectivity index (χ4v) is 5.38. The van der Waals surface area contributed by atoms with E-state index in [1.807, 2.05) is 92.4 Å². The van der Waals surface area contributed by atoms with Crippen LogP contribution in [0, 0.1) is 12.9 Å². The van der Waals surface area contributed by atoms with Gasteiger partial charge in [-0.2, -0.15) is 4.39 Å². The van der Waals surface area contributed by atoms with Gasteiger partial charge in [-0.3, -0.25) is 29.7 Å². The zero-order valence-electron chi connectivity index (χ0n) is 27.0. The summed E-state index contributed by atoms with van der Waals surface area (Å²) in [5.41, 5.74) is 8.84. The first-order valence-electron chi connectivity index (χ1n) is 16.1. The van der Waals surface area contributed by atoms with Crippen molar-refractivity contribution in [3.63, 3.8) is 0 Å². The molecule has 1 aromatic carbocycles. The SMILES string of the molecule is Cc1ccc(-c2ccc(/C=C/c3ccc(CN(CCN(Cc4ccccn4)Cc4ccccn4)Cc4cccc(F)n4)cc3)cn2)nc1. The van der Waals surface area contributed by atoms with Gasteiger partial charge in [0.25, 0.3) is 0 Å². The van der Waals surface area contributed by atoms with Gasteiger partial charge in [0.15, 0.2) is 0 Å². The summed E-state index contributed by atoms with van der Waals surface area (Å²) in [6.45, 7) is 6.17. The van der Waals surface area contributed by atoms with Crippen molar-refractivity contribution in [2.24, 2.45) is 0 Å². The Hall–Kier alpha value is -5.44. The number of hydrogen-bond donors (Lipinski definition) is 0. The van der Waals surface area contributed by atoms with E-state index in [2.05, 4.69) is 77.2 Å². The van der Waals surface area contributed by atoms with Crippen LogP contribution in [0.5, 0.6) is 0 Å². The summed E-state index contributed by atoms with van der Waals surface area (Å²) in [5.74, 6) is -0.466. The van der Waals surface area contributed by atoms with Gasteiger partial charge in [0, 0.05) is 64.1 Å². The van der Waals surface area contributed by atoms with Gasteiger partial charge in [-0.15, -0.1) is 0 Å². The molecule has 0 radical (unpaired) electrons. The van der Waals surface area contributed by atoms with E-state index in [1.54, 1.807) is 6.07 Å². The van der Waals surface area contributed by atoms with Crippen molar-refractivity contribution in [3.8, 4) is 11.4 Å². The summed E-state index contributed by atoms with van der Waals surface area (Å²) in [5, 5.41) is 0. The molecular weight excluding hydrogens is 597 g/mol. The Balaban J connectivity index is 1.12. The van der Waals surface area contributed by atoms with E-state index in [0.717, 1.165) is 52.6 Å². The highest BCUT2D eigenvalue weighted by Crippen LogP contribution is 2.17. The smallest absolute Gasteiger partial charge is 0.213 e. The quantitative estimate of drug-likeness (QED) is 0.114. The van der Waals surface area contributed by atoms with Crippen LogP contribution in [0.15, 0.2) is 128 Å².